The molecule has 0 saturated heterocycles. The fourth-order valence-electron chi connectivity index (χ4n) is 2.65. The molecule has 6 heteroatoms. The molecular weight excluding hydrogens is 308 g/mol. The molecule has 4 nitrogen and oxygen atoms in total. The number of halogens is 1. The van der Waals surface area contributed by atoms with E-state index in [0.29, 0.717) is 19.4 Å². The Labute approximate surface area is 134 Å². The maximum atomic E-state index is 12.6. The van der Waals surface area contributed by atoms with Crippen molar-refractivity contribution in [1.82, 2.24) is 10.6 Å². The van der Waals surface area contributed by atoms with Crippen LogP contribution in [-0.4, -0.2) is 22.7 Å². The van der Waals surface area contributed by atoms with Gasteiger partial charge in [0.2, 0.25) is 11.8 Å². The van der Waals surface area contributed by atoms with Crippen LogP contribution < -0.4 is 10.6 Å². The predicted molar refractivity (Wildman–Crippen MR) is 85.4 cm³/mol. The number of amides is 2. The molecule has 21 heavy (non-hydrogen) atoms. The van der Waals surface area contributed by atoms with Crippen LogP contribution in [0.3, 0.4) is 0 Å². The molecule has 2 amide bonds. The third-order valence-electron chi connectivity index (χ3n) is 3.87. The van der Waals surface area contributed by atoms with Gasteiger partial charge in [-0.2, -0.15) is 0 Å². The van der Waals surface area contributed by atoms with Crippen molar-refractivity contribution in [3.05, 3.63) is 22.4 Å². The van der Waals surface area contributed by atoms with Crippen LogP contribution in [0.25, 0.3) is 0 Å². The largest absolute Gasteiger partial charge is 0.349 e. The molecule has 1 atom stereocenters. The predicted octanol–water partition coefficient (Wildman–Crippen LogP) is 2.81. The SMILES string of the molecule is CC(Cl)C(=O)NC1(C(=O)NCc2cccs2)CCCCC1. The van der Waals surface area contributed by atoms with Crippen LogP contribution in [0.5, 0.6) is 0 Å². The maximum Gasteiger partial charge on any atom is 0.246 e. The molecule has 0 radical (unpaired) electrons. The van der Waals surface area contributed by atoms with Gasteiger partial charge in [-0.25, -0.2) is 0 Å². The van der Waals surface area contributed by atoms with E-state index in [0.717, 1.165) is 24.1 Å². The Balaban J connectivity index is 2.03. The van der Waals surface area contributed by atoms with Crippen LogP contribution >= 0.6 is 22.9 Å². The number of hydrogen-bond acceptors (Lipinski definition) is 3. The topological polar surface area (TPSA) is 58.2 Å². The fourth-order valence-corrected chi connectivity index (χ4v) is 3.35. The first kappa shape index (κ1) is 16.3. The quantitative estimate of drug-likeness (QED) is 0.817. The lowest BCUT2D eigenvalue weighted by atomic mass is 9.80. The highest BCUT2D eigenvalue weighted by atomic mass is 35.5. The van der Waals surface area contributed by atoms with E-state index in [1.807, 2.05) is 17.5 Å². The van der Waals surface area contributed by atoms with Crippen LogP contribution in [0.15, 0.2) is 17.5 Å². The number of rotatable bonds is 5. The molecule has 1 aliphatic rings. The number of hydrogen-bond donors (Lipinski definition) is 2. The third-order valence-corrected chi connectivity index (χ3v) is 4.94. The lowest BCUT2D eigenvalue weighted by Gasteiger charge is -2.37. The van der Waals surface area contributed by atoms with Gasteiger partial charge in [-0.1, -0.05) is 25.3 Å². The van der Waals surface area contributed by atoms with Gasteiger partial charge in [-0.15, -0.1) is 22.9 Å². The Bertz CT molecular complexity index is 482. The van der Waals surface area contributed by atoms with Crippen LogP contribution in [-0.2, 0) is 16.1 Å². The molecule has 2 rings (SSSR count). The Kier molecular flexibility index (Phi) is 5.65. The Morgan fingerprint density at radius 2 is 2.10 bits per heavy atom. The summed E-state index contributed by atoms with van der Waals surface area (Å²) in [7, 11) is 0. The molecule has 1 fully saturated rings. The highest BCUT2D eigenvalue weighted by Crippen LogP contribution is 2.29. The average Bonchev–Trinajstić information content (AvgIpc) is 2.98. The Morgan fingerprint density at radius 1 is 1.38 bits per heavy atom. The highest BCUT2D eigenvalue weighted by Gasteiger charge is 2.41. The summed E-state index contributed by atoms with van der Waals surface area (Å²) >= 11 is 7.44. The third kappa shape index (κ3) is 4.20. The van der Waals surface area contributed by atoms with Crippen molar-refractivity contribution in [1.29, 1.82) is 0 Å². The Morgan fingerprint density at radius 3 is 2.67 bits per heavy atom. The first-order chi connectivity index (χ1) is 10.0. The van der Waals surface area contributed by atoms with Gasteiger partial charge in [0.05, 0.1) is 6.54 Å². The molecule has 1 heterocycles. The zero-order valence-corrected chi connectivity index (χ0v) is 13.7. The van der Waals surface area contributed by atoms with E-state index in [1.165, 1.54) is 0 Å². The second-order valence-electron chi connectivity index (χ2n) is 5.51. The van der Waals surface area contributed by atoms with Gasteiger partial charge in [0.15, 0.2) is 0 Å². The smallest absolute Gasteiger partial charge is 0.246 e. The van der Waals surface area contributed by atoms with Crippen molar-refractivity contribution >= 4 is 34.8 Å². The minimum atomic E-state index is -0.796. The minimum Gasteiger partial charge on any atom is -0.349 e. The van der Waals surface area contributed by atoms with Crippen LogP contribution in [0.4, 0.5) is 0 Å². The first-order valence-corrected chi connectivity index (χ1v) is 8.62. The summed E-state index contributed by atoms with van der Waals surface area (Å²) in [6.07, 6.45) is 4.36. The molecule has 0 bridgehead atoms. The fraction of sp³-hybridized carbons (Fsp3) is 0.600. The van der Waals surface area contributed by atoms with E-state index in [4.69, 9.17) is 11.6 Å². The molecule has 0 aliphatic heterocycles. The van der Waals surface area contributed by atoms with Crippen LogP contribution in [0, 0.1) is 0 Å². The summed E-state index contributed by atoms with van der Waals surface area (Å²) < 4.78 is 0. The molecule has 0 aromatic carbocycles. The number of thiophene rings is 1. The molecular formula is C15H21ClN2O2S. The van der Waals surface area contributed by atoms with Gasteiger partial charge in [-0.3, -0.25) is 9.59 Å². The van der Waals surface area contributed by atoms with Crippen LogP contribution in [0.2, 0.25) is 0 Å². The van der Waals surface area contributed by atoms with Crippen molar-refractivity contribution in [2.45, 2.75) is 56.5 Å². The summed E-state index contributed by atoms with van der Waals surface area (Å²) in [5.41, 5.74) is -0.796. The maximum absolute atomic E-state index is 12.6. The van der Waals surface area contributed by atoms with Gasteiger partial charge in [0, 0.05) is 4.88 Å². The van der Waals surface area contributed by atoms with Crippen LogP contribution in [0.1, 0.15) is 43.9 Å². The molecule has 1 aliphatic carbocycles. The Hall–Kier alpha value is -1.07. The van der Waals surface area contributed by atoms with E-state index >= 15 is 0 Å². The van der Waals surface area contributed by atoms with Gasteiger partial charge < -0.3 is 10.6 Å². The van der Waals surface area contributed by atoms with Gasteiger partial charge in [-0.05, 0) is 31.2 Å². The summed E-state index contributed by atoms with van der Waals surface area (Å²) in [6.45, 7) is 2.13. The van der Waals surface area contributed by atoms with Gasteiger partial charge in [0.1, 0.15) is 10.9 Å². The lowest BCUT2D eigenvalue weighted by molar-refractivity contribution is -0.135. The van der Waals surface area contributed by atoms with E-state index in [-0.39, 0.29) is 11.8 Å². The molecule has 116 valence electrons. The van der Waals surface area contributed by atoms with Crippen molar-refractivity contribution in [3.63, 3.8) is 0 Å². The normalized spacial score (nSPS) is 18.8. The molecule has 1 unspecified atom stereocenters. The minimum absolute atomic E-state index is 0.0960. The number of alkyl halides is 1. The van der Waals surface area contributed by atoms with E-state index in [1.54, 1.807) is 18.3 Å². The number of nitrogens with one attached hydrogen (secondary N) is 2. The zero-order chi connectivity index (χ0) is 15.3. The average molecular weight is 329 g/mol. The van der Waals surface area contributed by atoms with Crippen molar-refractivity contribution in [2.75, 3.05) is 0 Å². The molecule has 1 saturated carbocycles. The molecule has 0 spiro atoms. The standard InChI is InChI=1S/C15H21ClN2O2S/c1-11(16)13(19)18-15(7-3-2-4-8-15)14(20)17-10-12-6-5-9-21-12/h5-6,9,11H,2-4,7-8,10H2,1H3,(H,17,20)(H,18,19). The second kappa shape index (κ2) is 7.27. The summed E-state index contributed by atoms with van der Waals surface area (Å²) in [5, 5.41) is 7.19. The van der Waals surface area contributed by atoms with E-state index in [2.05, 4.69) is 10.6 Å². The molecule has 1 aromatic rings. The number of carbonyl (C=O) groups is 2. The van der Waals surface area contributed by atoms with E-state index in [9.17, 15) is 9.59 Å². The summed E-state index contributed by atoms with van der Waals surface area (Å²) in [6, 6.07) is 3.94. The van der Waals surface area contributed by atoms with E-state index < -0.39 is 10.9 Å². The summed E-state index contributed by atoms with van der Waals surface area (Å²) in [5.74, 6) is -0.369. The lowest BCUT2D eigenvalue weighted by Crippen LogP contribution is -2.60. The van der Waals surface area contributed by atoms with Crippen molar-refractivity contribution in [2.24, 2.45) is 0 Å². The summed E-state index contributed by atoms with van der Waals surface area (Å²) in [4.78, 5) is 25.6. The number of carbonyl (C=O) groups excluding carboxylic acids is 2. The van der Waals surface area contributed by atoms with Gasteiger partial charge >= 0.3 is 0 Å². The first-order valence-electron chi connectivity index (χ1n) is 7.30. The van der Waals surface area contributed by atoms with Crippen molar-refractivity contribution in [3.8, 4) is 0 Å². The molecule has 2 N–H and O–H groups in total. The second-order valence-corrected chi connectivity index (χ2v) is 7.20. The highest BCUT2D eigenvalue weighted by molar-refractivity contribution is 7.09. The monoisotopic (exact) mass is 328 g/mol. The van der Waals surface area contributed by atoms with Crippen molar-refractivity contribution < 1.29 is 9.59 Å². The zero-order valence-electron chi connectivity index (χ0n) is 12.2. The molecule has 1 aromatic heterocycles. The van der Waals surface area contributed by atoms with Gasteiger partial charge in [0.25, 0.3) is 0 Å².